The van der Waals surface area contributed by atoms with Crippen molar-refractivity contribution >= 4 is 5.96 Å². The third-order valence-electron chi connectivity index (χ3n) is 6.54. The van der Waals surface area contributed by atoms with E-state index in [0.717, 1.165) is 50.7 Å². The van der Waals surface area contributed by atoms with E-state index in [9.17, 15) is 0 Å². The Bertz CT molecular complexity index is 892. The number of hydrogen-bond acceptors (Lipinski definition) is 4. The number of aromatic nitrogens is 2. The highest BCUT2D eigenvalue weighted by Crippen LogP contribution is 2.24. The molecule has 1 aromatic heterocycles. The van der Waals surface area contributed by atoms with E-state index in [1.807, 2.05) is 31.2 Å². The molecular formula is C24H36N6O. The minimum atomic E-state index is 0.0282. The molecule has 2 aliphatic heterocycles. The summed E-state index contributed by atoms with van der Waals surface area (Å²) in [7, 11) is 3.81. The first-order valence-electron chi connectivity index (χ1n) is 11.4. The molecule has 168 valence electrons. The molecule has 1 aromatic carbocycles. The largest absolute Gasteiger partial charge is 0.370 e. The summed E-state index contributed by atoms with van der Waals surface area (Å²) in [4.78, 5) is 9.53. The molecule has 2 aliphatic rings. The maximum Gasteiger partial charge on any atom is 0.193 e. The average Bonchev–Trinajstić information content (AvgIpc) is 3.23. The van der Waals surface area contributed by atoms with Gasteiger partial charge in [-0.25, -0.2) is 0 Å². The molecule has 0 radical (unpaired) electrons. The number of nitrogens with zero attached hydrogens (tertiary/aromatic N) is 5. The Morgan fingerprint density at radius 1 is 1.26 bits per heavy atom. The molecule has 3 heterocycles. The zero-order chi connectivity index (χ0) is 21.8. The Balaban J connectivity index is 1.38. The van der Waals surface area contributed by atoms with Crippen LogP contribution in [0.4, 0.5) is 0 Å². The van der Waals surface area contributed by atoms with E-state index in [1.165, 1.54) is 11.1 Å². The van der Waals surface area contributed by atoms with Gasteiger partial charge in [0.15, 0.2) is 5.96 Å². The minimum Gasteiger partial charge on any atom is -0.370 e. The maximum atomic E-state index is 6.01. The third kappa shape index (κ3) is 5.10. The van der Waals surface area contributed by atoms with E-state index in [-0.39, 0.29) is 6.10 Å². The van der Waals surface area contributed by atoms with E-state index in [1.54, 1.807) is 0 Å². The van der Waals surface area contributed by atoms with Crippen molar-refractivity contribution in [3.63, 3.8) is 0 Å². The van der Waals surface area contributed by atoms with Gasteiger partial charge in [0, 0.05) is 58.1 Å². The van der Waals surface area contributed by atoms with E-state index < -0.39 is 0 Å². The third-order valence-corrected chi connectivity index (χ3v) is 6.54. The quantitative estimate of drug-likeness (QED) is 0.590. The van der Waals surface area contributed by atoms with Gasteiger partial charge in [-0.05, 0) is 23.5 Å². The van der Waals surface area contributed by atoms with Crippen molar-refractivity contribution in [2.45, 2.75) is 39.0 Å². The summed E-state index contributed by atoms with van der Waals surface area (Å²) in [5, 5.41) is 7.97. The van der Waals surface area contributed by atoms with Crippen molar-refractivity contribution in [1.29, 1.82) is 0 Å². The molecule has 2 aromatic rings. The van der Waals surface area contributed by atoms with Crippen LogP contribution < -0.4 is 5.32 Å². The highest BCUT2D eigenvalue weighted by Gasteiger charge is 2.28. The first-order chi connectivity index (χ1) is 15.0. The van der Waals surface area contributed by atoms with Crippen LogP contribution in [-0.4, -0.2) is 71.4 Å². The van der Waals surface area contributed by atoms with Crippen molar-refractivity contribution in [2.24, 2.45) is 18.0 Å². The lowest BCUT2D eigenvalue weighted by molar-refractivity contribution is -0.00822. The van der Waals surface area contributed by atoms with Crippen molar-refractivity contribution in [2.75, 3.05) is 39.8 Å². The molecule has 0 bridgehead atoms. The van der Waals surface area contributed by atoms with E-state index in [0.29, 0.717) is 18.6 Å². The number of ether oxygens (including phenoxy) is 1. The predicted octanol–water partition coefficient (Wildman–Crippen LogP) is 2.45. The fourth-order valence-corrected chi connectivity index (χ4v) is 4.76. The zero-order valence-electron chi connectivity index (χ0n) is 19.3. The summed E-state index contributed by atoms with van der Waals surface area (Å²) in [6.07, 6.45) is 5.09. The van der Waals surface area contributed by atoms with E-state index in [2.05, 4.69) is 63.3 Å². The summed E-state index contributed by atoms with van der Waals surface area (Å²) in [6, 6.07) is 9.32. The van der Waals surface area contributed by atoms with Crippen LogP contribution >= 0.6 is 0 Å². The fourth-order valence-electron chi connectivity index (χ4n) is 4.76. The number of rotatable bonds is 5. The average molecular weight is 425 g/mol. The second-order valence-corrected chi connectivity index (χ2v) is 8.98. The molecule has 31 heavy (non-hydrogen) atoms. The topological polar surface area (TPSA) is 57.9 Å². The Labute approximate surface area is 186 Å². The molecule has 2 atom stereocenters. The summed E-state index contributed by atoms with van der Waals surface area (Å²) < 4.78 is 7.84. The Morgan fingerprint density at radius 3 is 2.77 bits per heavy atom. The molecule has 0 amide bonds. The number of guanidine groups is 1. The van der Waals surface area contributed by atoms with Crippen LogP contribution in [0.1, 0.15) is 36.6 Å². The van der Waals surface area contributed by atoms with Gasteiger partial charge in [-0.1, -0.05) is 38.1 Å². The highest BCUT2D eigenvalue weighted by atomic mass is 16.5. The predicted molar refractivity (Wildman–Crippen MR) is 124 cm³/mol. The molecule has 4 rings (SSSR count). The first-order valence-corrected chi connectivity index (χ1v) is 11.4. The van der Waals surface area contributed by atoms with Gasteiger partial charge in [0.25, 0.3) is 0 Å². The van der Waals surface area contributed by atoms with Gasteiger partial charge in [-0.3, -0.25) is 14.6 Å². The van der Waals surface area contributed by atoms with Gasteiger partial charge in [0.2, 0.25) is 0 Å². The van der Waals surface area contributed by atoms with Crippen LogP contribution in [0.5, 0.6) is 0 Å². The van der Waals surface area contributed by atoms with Crippen LogP contribution in [0.3, 0.4) is 0 Å². The Morgan fingerprint density at radius 2 is 2.06 bits per heavy atom. The summed E-state index contributed by atoms with van der Waals surface area (Å²) >= 11 is 0. The molecule has 2 unspecified atom stereocenters. The molecule has 1 saturated heterocycles. The Hall–Kier alpha value is -2.38. The number of nitrogens with one attached hydrogen (secondary N) is 1. The number of benzene rings is 1. The number of aliphatic imine (C=N–C) groups is 1. The van der Waals surface area contributed by atoms with Crippen molar-refractivity contribution in [1.82, 2.24) is 24.9 Å². The lowest BCUT2D eigenvalue weighted by Gasteiger charge is -2.39. The Kier molecular flexibility index (Phi) is 6.92. The van der Waals surface area contributed by atoms with Crippen molar-refractivity contribution in [3.05, 3.63) is 53.3 Å². The SMILES string of the molecule is CN=C(NCC(C(C)C)N1CCc2ccccc2C1)N1CCOC(c2cnn(C)c2)C1. The zero-order valence-corrected chi connectivity index (χ0v) is 19.3. The smallest absolute Gasteiger partial charge is 0.193 e. The molecule has 0 saturated carbocycles. The van der Waals surface area contributed by atoms with Gasteiger partial charge in [-0.15, -0.1) is 0 Å². The molecule has 0 aliphatic carbocycles. The van der Waals surface area contributed by atoms with Gasteiger partial charge in [-0.2, -0.15) is 5.10 Å². The molecule has 0 spiro atoms. The first kappa shape index (κ1) is 21.8. The highest BCUT2D eigenvalue weighted by molar-refractivity contribution is 5.80. The van der Waals surface area contributed by atoms with Gasteiger partial charge in [0.1, 0.15) is 6.10 Å². The molecule has 1 N–H and O–H groups in total. The second-order valence-electron chi connectivity index (χ2n) is 8.98. The second kappa shape index (κ2) is 9.83. The molecule has 7 heteroatoms. The monoisotopic (exact) mass is 424 g/mol. The van der Waals surface area contributed by atoms with Crippen LogP contribution in [0.15, 0.2) is 41.7 Å². The summed E-state index contributed by atoms with van der Waals surface area (Å²) in [5.74, 6) is 1.52. The lowest BCUT2D eigenvalue weighted by Crippen LogP contribution is -2.53. The summed E-state index contributed by atoms with van der Waals surface area (Å²) in [5.41, 5.74) is 4.09. The lowest BCUT2D eigenvalue weighted by atomic mass is 9.95. The standard InChI is InChI=1S/C24H36N6O/c1-18(2)22(29-10-9-19-7-5-6-8-20(19)16-29)14-26-24(25-3)30-11-12-31-23(17-30)21-13-27-28(4)15-21/h5-8,13,15,18,22-23H,9-12,14,16-17H2,1-4H3,(H,25,26). The van der Waals surface area contributed by atoms with E-state index >= 15 is 0 Å². The molecule has 7 nitrogen and oxygen atoms in total. The number of hydrogen-bond donors (Lipinski definition) is 1. The van der Waals surface area contributed by atoms with Gasteiger partial charge >= 0.3 is 0 Å². The number of fused-ring (bicyclic) bond motifs is 1. The van der Waals surface area contributed by atoms with Crippen molar-refractivity contribution < 1.29 is 4.74 Å². The van der Waals surface area contributed by atoms with Gasteiger partial charge < -0.3 is 15.0 Å². The van der Waals surface area contributed by atoms with Crippen LogP contribution in [0.2, 0.25) is 0 Å². The van der Waals surface area contributed by atoms with Gasteiger partial charge in [0.05, 0.1) is 19.3 Å². The van der Waals surface area contributed by atoms with Crippen molar-refractivity contribution in [3.8, 4) is 0 Å². The number of morpholine rings is 1. The van der Waals surface area contributed by atoms with Crippen LogP contribution in [0.25, 0.3) is 0 Å². The normalized spacial score (nSPS) is 21.3. The number of aryl methyl sites for hydroxylation is 1. The maximum absolute atomic E-state index is 6.01. The van der Waals surface area contributed by atoms with Crippen LogP contribution in [0, 0.1) is 5.92 Å². The minimum absolute atomic E-state index is 0.0282. The molecular weight excluding hydrogens is 388 g/mol. The van der Waals surface area contributed by atoms with Crippen LogP contribution in [-0.2, 0) is 24.8 Å². The van der Waals surface area contributed by atoms with E-state index in [4.69, 9.17) is 4.74 Å². The fraction of sp³-hybridized carbons (Fsp3) is 0.583. The summed E-state index contributed by atoms with van der Waals surface area (Å²) in [6.45, 7) is 10.00. The molecule has 1 fully saturated rings.